The molecule has 23 heavy (non-hydrogen) atoms. The minimum absolute atomic E-state index is 0.132. The van der Waals surface area contributed by atoms with Crippen LogP contribution in [0.3, 0.4) is 0 Å². The van der Waals surface area contributed by atoms with Gasteiger partial charge in [0.15, 0.2) is 0 Å². The molecule has 0 atom stereocenters. The van der Waals surface area contributed by atoms with E-state index < -0.39 is 11.7 Å². The molecule has 0 aliphatic carbocycles. The number of allylic oxidation sites excluding steroid dienone is 1. The first kappa shape index (κ1) is 17.7. The molecule has 1 heterocycles. The highest BCUT2D eigenvalue weighted by atomic mass is 35.5. The predicted octanol–water partition coefficient (Wildman–Crippen LogP) is 5.51. The van der Waals surface area contributed by atoms with Crippen LogP contribution < -0.4 is 0 Å². The summed E-state index contributed by atoms with van der Waals surface area (Å²) >= 11 is 12.0. The van der Waals surface area contributed by atoms with Crippen LogP contribution in [0.4, 0.5) is 13.2 Å². The maximum Gasteiger partial charge on any atom is 0.416 e. The van der Waals surface area contributed by atoms with Gasteiger partial charge in [0.05, 0.1) is 34.7 Å². The second-order valence-electron chi connectivity index (χ2n) is 4.90. The van der Waals surface area contributed by atoms with Crippen LogP contribution in [0.1, 0.15) is 23.7 Å². The summed E-state index contributed by atoms with van der Waals surface area (Å²) < 4.78 is 44.7. The van der Waals surface area contributed by atoms with Gasteiger partial charge in [0.1, 0.15) is 5.69 Å². The van der Waals surface area contributed by atoms with Gasteiger partial charge in [0.25, 0.3) is 0 Å². The molecule has 0 bridgehead atoms. The highest BCUT2D eigenvalue weighted by Gasteiger charge is 2.32. The molecule has 1 aromatic heterocycles. The number of methoxy groups -OCH3 is 1. The molecule has 2 rings (SSSR count). The molecular weight excluding hydrogens is 352 g/mol. The number of hydrogen-bond donors (Lipinski definition) is 0. The molecule has 0 radical (unpaired) electrons. The molecule has 0 aliphatic heterocycles. The van der Waals surface area contributed by atoms with Gasteiger partial charge in [-0.3, -0.25) is 0 Å². The highest BCUT2D eigenvalue weighted by molar-refractivity contribution is 6.37. The molecular formula is C15H13Cl2F3N2O. The number of rotatable bonds is 3. The smallest absolute Gasteiger partial charge is 0.416 e. The Morgan fingerprint density at radius 2 is 1.83 bits per heavy atom. The third kappa shape index (κ3) is 3.64. The molecule has 0 aliphatic rings. The molecule has 124 valence electrons. The Hall–Kier alpha value is -1.66. The first-order valence-corrected chi connectivity index (χ1v) is 7.23. The Kier molecular flexibility index (Phi) is 4.96. The van der Waals surface area contributed by atoms with Crippen LogP contribution >= 0.6 is 23.2 Å². The summed E-state index contributed by atoms with van der Waals surface area (Å²) in [5.41, 5.74) is 1.55. The van der Waals surface area contributed by atoms with Crippen molar-refractivity contribution in [1.29, 1.82) is 0 Å². The zero-order chi connectivity index (χ0) is 17.4. The fraction of sp³-hybridized carbons (Fsp3) is 0.267. The van der Waals surface area contributed by atoms with Crippen molar-refractivity contribution >= 4 is 28.8 Å². The largest absolute Gasteiger partial charge is 0.504 e. The molecule has 8 heteroatoms. The van der Waals surface area contributed by atoms with Crippen molar-refractivity contribution in [3.63, 3.8) is 0 Å². The first-order chi connectivity index (χ1) is 10.6. The summed E-state index contributed by atoms with van der Waals surface area (Å²) in [5.74, 6) is 0. The van der Waals surface area contributed by atoms with Gasteiger partial charge in [-0.25, -0.2) is 4.68 Å². The zero-order valence-corrected chi connectivity index (χ0v) is 14.0. The van der Waals surface area contributed by atoms with Crippen LogP contribution in [0.15, 0.2) is 24.6 Å². The van der Waals surface area contributed by atoms with Gasteiger partial charge in [-0.1, -0.05) is 23.2 Å². The Morgan fingerprint density at radius 3 is 2.30 bits per heavy atom. The summed E-state index contributed by atoms with van der Waals surface area (Å²) in [7, 11) is 1.52. The van der Waals surface area contributed by atoms with Gasteiger partial charge in [0.2, 0.25) is 0 Å². The van der Waals surface area contributed by atoms with Crippen molar-refractivity contribution in [1.82, 2.24) is 9.78 Å². The fourth-order valence-electron chi connectivity index (χ4n) is 2.15. The molecule has 0 N–H and O–H groups in total. The monoisotopic (exact) mass is 364 g/mol. The SMILES string of the molecule is COC=C(C)c1cn(-c2c(Cl)cc(C(F)(F)F)cc2Cl)nc1C. The lowest BCUT2D eigenvalue weighted by molar-refractivity contribution is -0.137. The number of alkyl halides is 3. The van der Waals surface area contributed by atoms with E-state index in [0.29, 0.717) is 5.69 Å². The first-order valence-electron chi connectivity index (χ1n) is 6.48. The third-order valence-corrected chi connectivity index (χ3v) is 3.77. The van der Waals surface area contributed by atoms with E-state index in [4.69, 9.17) is 27.9 Å². The second-order valence-corrected chi connectivity index (χ2v) is 5.71. The predicted molar refractivity (Wildman–Crippen MR) is 84.0 cm³/mol. The molecule has 0 saturated heterocycles. The third-order valence-electron chi connectivity index (χ3n) is 3.19. The molecule has 0 amide bonds. The fourth-order valence-corrected chi connectivity index (χ4v) is 2.81. The summed E-state index contributed by atoms with van der Waals surface area (Å²) in [5, 5.41) is 4.00. The standard InChI is InChI=1S/C15H13Cl2F3N2O/c1-8(7-23-3)11-6-22(21-9(11)2)14-12(16)4-10(5-13(14)17)15(18,19)20/h4-7H,1-3H3. The molecule has 2 aromatic rings. The number of nitrogens with zero attached hydrogens (tertiary/aromatic N) is 2. The lowest BCUT2D eigenvalue weighted by Gasteiger charge is -2.12. The highest BCUT2D eigenvalue weighted by Crippen LogP contribution is 2.37. The Morgan fingerprint density at radius 1 is 1.26 bits per heavy atom. The van der Waals surface area contributed by atoms with E-state index in [-0.39, 0.29) is 15.7 Å². The van der Waals surface area contributed by atoms with E-state index in [2.05, 4.69) is 5.10 Å². The molecule has 0 saturated carbocycles. The minimum Gasteiger partial charge on any atom is -0.504 e. The number of halogens is 5. The number of aryl methyl sites for hydroxylation is 1. The maximum atomic E-state index is 12.8. The summed E-state index contributed by atoms with van der Waals surface area (Å²) in [6.45, 7) is 3.60. The van der Waals surface area contributed by atoms with Gasteiger partial charge in [0, 0.05) is 11.8 Å². The van der Waals surface area contributed by atoms with Crippen molar-refractivity contribution < 1.29 is 17.9 Å². The number of aromatic nitrogens is 2. The Labute approximate surface area is 141 Å². The maximum absolute atomic E-state index is 12.8. The van der Waals surface area contributed by atoms with E-state index in [0.717, 1.165) is 23.3 Å². The van der Waals surface area contributed by atoms with Crippen molar-refractivity contribution in [2.45, 2.75) is 20.0 Å². The van der Waals surface area contributed by atoms with Crippen LogP contribution in [0.25, 0.3) is 11.3 Å². The number of ether oxygens (including phenoxy) is 1. The normalized spacial score (nSPS) is 12.6. The number of hydrogen-bond acceptors (Lipinski definition) is 2. The van der Waals surface area contributed by atoms with Gasteiger partial charge in [-0.15, -0.1) is 0 Å². The topological polar surface area (TPSA) is 27.1 Å². The average molecular weight is 365 g/mol. The summed E-state index contributed by atoms with van der Waals surface area (Å²) in [6, 6.07) is 1.66. The van der Waals surface area contributed by atoms with Gasteiger partial charge in [-0.05, 0) is 31.6 Å². The van der Waals surface area contributed by atoms with Gasteiger partial charge < -0.3 is 4.74 Å². The van der Waals surface area contributed by atoms with Gasteiger partial charge >= 0.3 is 6.18 Å². The van der Waals surface area contributed by atoms with E-state index in [1.54, 1.807) is 19.4 Å². The molecule has 1 aromatic carbocycles. The zero-order valence-electron chi connectivity index (χ0n) is 12.5. The van der Waals surface area contributed by atoms with E-state index in [1.165, 1.54) is 11.8 Å². The Bertz CT molecular complexity index is 744. The van der Waals surface area contributed by atoms with Crippen LogP contribution in [0.2, 0.25) is 10.0 Å². The summed E-state index contributed by atoms with van der Waals surface area (Å²) in [4.78, 5) is 0. The van der Waals surface area contributed by atoms with Crippen molar-refractivity contribution in [2.75, 3.05) is 7.11 Å². The van der Waals surface area contributed by atoms with Crippen LogP contribution in [-0.4, -0.2) is 16.9 Å². The molecule has 0 unspecified atom stereocenters. The lowest BCUT2D eigenvalue weighted by atomic mass is 10.1. The molecule has 0 spiro atoms. The number of benzene rings is 1. The van der Waals surface area contributed by atoms with E-state index in [9.17, 15) is 13.2 Å². The van der Waals surface area contributed by atoms with Crippen molar-refractivity contribution in [3.8, 4) is 5.69 Å². The van der Waals surface area contributed by atoms with Crippen molar-refractivity contribution in [3.05, 3.63) is 51.5 Å². The second kappa shape index (κ2) is 6.45. The summed E-state index contributed by atoms with van der Waals surface area (Å²) in [6.07, 6.45) is -1.33. The van der Waals surface area contributed by atoms with Gasteiger partial charge in [-0.2, -0.15) is 18.3 Å². The average Bonchev–Trinajstić information content (AvgIpc) is 2.79. The van der Waals surface area contributed by atoms with E-state index >= 15 is 0 Å². The van der Waals surface area contributed by atoms with Crippen LogP contribution in [0.5, 0.6) is 0 Å². The molecule has 0 fully saturated rings. The van der Waals surface area contributed by atoms with Crippen LogP contribution in [0, 0.1) is 6.92 Å². The minimum atomic E-state index is -4.52. The lowest BCUT2D eigenvalue weighted by Crippen LogP contribution is -2.07. The van der Waals surface area contributed by atoms with E-state index in [1.807, 2.05) is 6.92 Å². The van der Waals surface area contributed by atoms with Crippen molar-refractivity contribution in [2.24, 2.45) is 0 Å². The Balaban J connectivity index is 2.56. The molecule has 3 nitrogen and oxygen atoms in total. The quantitative estimate of drug-likeness (QED) is 0.671. The van der Waals surface area contributed by atoms with Crippen LogP contribution in [-0.2, 0) is 10.9 Å².